The maximum atomic E-state index is 10.7. The number of amides is 1. The number of hydrogen-bond donors (Lipinski definition) is 3. The normalized spacial score (nSPS) is 12.2. The smallest absolute Gasteiger partial charge is 0.321 e. The predicted octanol–water partition coefficient (Wildman–Crippen LogP) is -1.08. The molecule has 0 aromatic heterocycles. The Hall–Kier alpha value is -1.10. The van der Waals surface area contributed by atoms with Gasteiger partial charge in [-0.15, -0.1) is 0 Å². The lowest BCUT2D eigenvalue weighted by Gasteiger charge is -2.04. The van der Waals surface area contributed by atoms with Crippen molar-refractivity contribution >= 4 is 11.9 Å². The summed E-state index contributed by atoms with van der Waals surface area (Å²) in [5.41, 5.74) is 5.09. The summed E-state index contributed by atoms with van der Waals surface area (Å²) in [5, 5.41) is 10.7. The first-order chi connectivity index (χ1) is 5.07. The Balaban J connectivity index is 3.66. The molecule has 0 radical (unpaired) electrons. The molecule has 0 saturated heterocycles. The van der Waals surface area contributed by atoms with Crippen LogP contribution in [0.15, 0.2) is 0 Å². The van der Waals surface area contributed by atoms with Crippen LogP contribution < -0.4 is 11.1 Å². The van der Waals surface area contributed by atoms with Crippen molar-refractivity contribution in [1.29, 1.82) is 0 Å². The Morgan fingerprint density at radius 1 is 1.64 bits per heavy atom. The van der Waals surface area contributed by atoms with Gasteiger partial charge in [0.1, 0.15) is 6.04 Å². The maximum Gasteiger partial charge on any atom is 0.321 e. The fraction of sp³-hybridized carbons (Fsp3) is 0.667. The van der Waals surface area contributed by atoms with Crippen molar-refractivity contribution in [2.45, 2.75) is 19.4 Å². The number of carbonyl (C=O) groups excluding carboxylic acids is 1. The second-order valence-electron chi connectivity index (χ2n) is 2.10. The molecule has 0 rings (SSSR count). The molecule has 0 bridgehead atoms. The summed E-state index contributed by atoms with van der Waals surface area (Å²) >= 11 is 0. The molecule has 0 aromatic rings. The van der Waals surface area contributed by atoms with Gasteiger partial charge in [-0.2, -0.15) is 0 Å². The molecule has 64 valence electrons. The van der Waals surface area contributed by atoms with Gasteiger partial charge < -0.3 is 16.2 Å². The first-order valence-corrected chi connectivity index (χ1v) is 3.33. The molecule has 11 heavy (non-hydrogen) atoms. The van der Waals surface area contributed by atoms with Gasteiger partial charge in [-0.1, -0.05) is 0 Å². The van der Waals surface area contributed by atoms with Gasteiger partial charge in [0, 0.05) is 6.54 Å². The third kappa shape index (κ3) is 4.32. The highest BCUT2D eigenvalue weighted by Crippen LogP contribution is 1.87. The molecule has 0 aliphatic heterocycles. The van der Waals surface area contributed by atoms with E-state index in [4.69, 9.17) is 10.8 Å². The van der Waals surface area contributed by atoms with Crippen molar-refractivity contribution in [2.75, 3.05) is 6.54 Å². The Morgan fingerprint density at radius 3 is 2.55 bits per heavy atom. The first kappa shape index (κ1) is 9.90. The van der Waals surface area contributed by atoms with Crippen molar-refractivity contribution in [3.05, 3.63) is 0 Å². The number of carbonyl (C=O) groups is 2. The number of aliphatic carboxylic acids is 1. The second-order valence-corrected chi connectivity index (χ2v) is 2.10. The summed E-state index contributed by atoms with van der Waals surface area (Å²) in [6.45, 7) is 2.25. The zero-order chi connectivity index (χ0) is 8.85. The van der Waals surface area contributed by atoms with Gasteiger partial charge in [0.2, 0.25) is 5.91 Å². The zero-order valence-corrected chi connectivity index (χ0v) is 6.33. The van der Waals surface area contributed by atoms with E-state index in [0.717, 1.165) is 0 Å². The Kier molecular flexibility index (Phi) is 4.21. The SMILES string of the molecule is CCNC(=O)C[C@H](N)C(=O)O. The maximum absolute atomic E-state index is 10.7. The molecular formula is C6H12N2O3. The molecule has 0 heterocycles. The Morgan fingerprint density at radius 2 is 2.18 bits per heavy atom. The molecule has 0 aliphatic carbocycles. The monoisotopic (exact) mass is 160 g/mol. The van der Waals surface area contributed by atoms with Crippen molar-refractivity contribution in [2.24, 2.45) is 5.73 Å². The highest BCUT2D eigenvalue weighted by molar-refractivity contribution is 5.84. The van der Waals surface area contributed by atoms with Crippen molar-refractivity contribution in [1.82, 2.24) is 5.32 Å². The number of carboxylic acids is 1. The van der Waals surface area contributed by atoms with Crippen LogP contribution in [0.2, 0.25) is 0 Å². The van der Waals surface area contributed by atoms with Crippen molar-refractivity contribution < 1.29 is 14.7 Å². The third-order valence-corrected chi connectivity index (χ3v) is 1.10. The fourth-order valence-corrected chi connectivity index (χ4v) is 0.556. The summed E-state index contributed by atoms with van der Waals surface area (Å²) in [7, 11) is 0. The van der Waals surface area contributed by atoms with Crippen LogP contribution in [-0.2, 0) is 9.59 Å². The molecule has 1 atom stereocenters. The molecule has 5 heteroatoms. The highest BCUT2D eigenvalue weighted by atomic mass is 16.4. The number of hydrogen-bond acceptors (Lipinski definition) is 3. The van der Waals surface area contributed by atoms with E-state index in [1.54, 1.807) is 6.92 Å². The van der Waals surface area contributed by atoms with Crippen molar-refractivity contribution in [3.63, 3.8) is 0 Å². The van der Waals surface area contributed by atoms with Gasteiger partial charge in [0.05, 0.1) is 6.42 Å². The third-order valence-electron chi connectivity index (χ3n) is 1.10. The van der Waals surface area contributed by atoms with Crippen LogP contribution in [0.1, 0.15) is 13.3 Å². The molecule has 0 unspecified atom stereocenters. The van der Waals surface area contributed by atoms with Crippen LogP contribution >= 0.6 is 0 Å². The summed E-state index contributed by atoms with van der Waals surface area (Å²) in [5.74, 6) is -1.49. The lowest BCUT2D eigenvalue weighted by Crippen LogP contribution is -2.36. The van der Waals surface area contributed by atoms with Crippen LogP contribution in [0, 0.1) is 0 Å². The summed E-state index contributed by atoms with van der Waals surface area (Å²) in [4.78, 5) is 20.8. The van der Waals surface area contributed by atoms with Gasteiger partial charge in [0.15, 0.2) is 0 Å². The molecule has 0 saturated carbocycles. The number of rotatable bonds is 4. The quantitative estimate of drug-likeness (QED) is 0.488. The first-order valence-electron chi connectivity index (χ1n) is 3.33. The molecule has 0 aromatic carbocycles. The number of carboxylic acid groups (broad SMARTS) is 1. The highest BCUT2D eigenvalue weighted by Gasteiger charge is 2.14. The van der Waals surface area contributed by atoms with Crippen LogP contribution in [0.5, 0.6) is 0 Å². The molecule has 0 aliphatic rings. The van der Waals surface area contributed by atoms with E-state index >= 15 is 0 Å². The van der Waals surface area contributed by atoms with E-state index in [1.807, 2.05) is 0 Å². The predicted molar refractivity (Wildman–Crippen MR) is 38.9 cm³/mol. The van der Waals surface area contributed by atoms with E-state index in [1.165, 1.54) is 0 Å². The van der Waals surface area contributed by atoms with E-state index in [9.17, 15) is 9.59 Å². The number of nitrogens with one attached hydrogen (secondary N) is 1. The minimum Gasteiger partial charge on any atom is -0.480 e. The van der Waals surface area contributed by atoms with E-state index < -0.39 is 12.0 Å². The molecule has 0 fully saturated rings. The van der Waals surface area contributed by atoms with Gasteiger partial charge in [-0.05, 0) is 6.92 Å². The van der Waals surface area contributed by atoms with Crippen LogP contribution in [-0.4, -0.2) is 29.6 Å². The van der Waals surface area contributed by atoms with Gasteiger partial charge in [-0.3, -0.25) is 9.59 Å². The van der Waals surface area contributed by atoms with Crippen LogP contribution in [0.3, 0.4) is 0 Å². The molecule has 4 N–H and O–H groups in total. The summed E-state index contributed by atoms with van der Waals surface area (Å²) in [6.07, 6.45) is -0.164. The average molecular weight is 160 g/mol. The van der Waals surface area contributed by atoms with E-state index in [0.29, 0.717) is 6.54 Å². The zero-order valence-electron chi connectivity index (χ0n) is 6.33. The van der Waals surface area contributed by atoms with Gasteiger partial charge >= 0.3 is 5.97 Å². The average Bonchev–Trinajstić information content (AvgIpc) is 1.87. The van der Waals surface area contributed by atoms with E-state index in [2.05, 4.69) is 5.32 Å². The number of nitrogens with two attached hydrogens (primary N) is 1. The Labute approximate surface area is 64.6 Å². The molecular weight excluding hydrogens is 148 g/mol. The van der Waals surface area contributed by atoms with E-state index in [-0.39, 0.29) is 12.3 Å². The lowest BCUT2D eigenvalue weighted by atomic mass is 10.2. The van der Waals surface area contributed by atoms with Crippen molar-refractivity contribution in [3.8, 4) is 0 Å². The Bertz CT molecular complexity index is 158. The minimum atomic E-state index is -1.16. The van der Waals surface area contributed by atoms with Crippen LogP contribution in [0.4, 0.5) is 0 Å². The van der Waals surface area contributed by atoms with Gasteiger partial charge in [-0.25, -0.2) is 0 Å². The molecule has 5 nitrogen and oxygen atoms in total. The molecule has 1 amide bonds. The largest absolute Gasteiger partial charge is 0.480 e. The lowest BCUT2D eigenvalue weighted by molar-refractivity contribution is -0.140. The fourth-order valence-electron chi connectivity index (χ4n) is 0.556. The minimum absolute atomic E-state index is 0.164. The topological polar surface area (TPSA) is 92.4 Å². The molecule has 0 spiro atoms. The van der Waals surface area contributed by atoms with Crippen LogP contribution in [0.25, 0.3) is 0 Å². The van der Waals surface area contributed by atoms with Gasteiger partial charge in [0.25, 0.3) is 0 Å². The second kappa shape index (κ2) is 4.68. The summed E-state index contributed by atoms with van der Waals surface area (Å²) < 4.78 is 0. The standard InChI is InChI=1S/C6H12N2O3/c1-2-8-5(9)3-4(7)6(10)11/h4H,2-3,7H2,1H3,(H,8,9)(H,10,11)/t4-/m0/s1. The summed E-state index contributed by atoms with van der Waals surface area (Å²) in [6, 6.07) is -1.10.